The Morgan fingerprint density at radius 1 is 0.537 bits per heavy atom. The molecule has 0 fully saturated rings. The van der Waals surface area contributed by atoms with Gasteiger partial charge in [-0.3, -0.25) is 0 Å². The van der Waals surface area contributed by atoms with Gasteiger partial charge in [0.1, 0.15) is 0 Å². The first-order valence-corrected chi connectivity index (χ1v) is 20.0. The van der Waals surface area contributed by atoms with Crippen molar-refractivity contribution in [1.82, 2.24) is 0 Å². The second-order valence-electron chi connectivity index (χ2n) is 10.9. The van der Waals surface area contributed by atoms with Gasteiger partial charge in [-0.15, -0.1) is 19.7 Å². The summed E-state index contributed by atoms with van der Waals surface area (Å²) in [6, 6.07) is 25.7. The Morgan fingerprint density at radius 3 is 1.00 bits per heavy atom. The summed E-state index contributed by atoms with van der Waals surface area (Å²) in [6.07, 6.45) is 15.4. The van der Waals surface area contributed by atoms with E-state index in [1.165, 1.54) is 6.08 Å². The van der Waals surface area contributed by atoms with Gasteiger partial charge in [-0.05, 0) is 72.6 Å². The van der Waals surface area contributed by atoms with E-state index in [0.29, 0.717) is 63.4 Å². The topological polar surface area (TPSA) is 404 Å². The van der Waals surface area contributed by atoms with E-state index in [0.717, 1.165) is 32.1 Å². The Balaban J connectivity index is -0.0000000440. The van der Waals surface area contributed by atoms with Crippen molar-refractivity contribution in [1.29, 1.82) is 88.4 Å². The van der Waals surface area contributed by atoms with E-state index in [4.69, 9.17) is 88.4 Å². The Bertz CT molecular complexity index is 1710. The summed E-state index contributed by atoms with van der Waals surface area (Å²) >= 11 is 1.56. The molecule has 0 spiro atoms. The van der Waals surface area contributed by atoms with Crippen LogP contribution in [-0.4, -0.2) is 0 Å². The van der Waals surface area contributed by atoms with Gasteiger partial charge in [-0.2, -0.15) is 68.4 Å². The van der Waals surface area contributed by atoms with Crippen molar-refractivity contribution < 1.29 is 17.2 Å². The number of unbranched alkanes of at least 4 members (excludes halogenated alkanes) is 4. The molecule has 0 aliphatic rings. The summed E-state index contributed by atoms with van der Waals surface area (Å²) in [7, 11) is 0. The number of hydrogen-bond donors (Lipinski definition) is 1. The third kappa shape index (κ3) is 220. The Morgan fingerprint density at radius 2 is 0.866 bits per heavy atom. The van der Waals surface area contributed by atoms with Gasteiger partial charge < -0.3 is 0 Å². The van der Waals surface area contributed by atoms with Crippen LogP contribution in [0.5, 0.6) is 0 Å². The second-order valence-corrected chi connectivity index (χ2v) is 10.9. The minimum absolute atomic E-state index is 0.00463. The molecule has 0 saturated carbocycles. The number of hydrogen-bond acceptors (Lipinski definition) is 17. The molecule has 0 aromatic rings. The Labute approximate surface area is 413 Å². The summed E-state index contributed by atoms with van der Waals surface area (Å²) in [5.74, 6) is 0.166. The number of allylic oxidation sites excluding steroid dienone is 5. The molecule has 17 nitrogen and oxygen atoms in total. The van der Waals surface area contributed by atoms with E-state index in [9.17, 15) is 0 Å². The van der Waals surface area contributed by atoms with Crippen LogP contribution in [-0.2, 0) is 17.2 Å². The molecule has 0 aliphatic carbocycles. The van der Waals surface area contributed by atoms with Crippen LogP contribution >= 0.6 is 0 Å². The maximum absolute atomic E-state index is 8.39. The van der Waals surface area contributed by atoms with Crippen LogP contribution in [0.2, 0.25) is 0 Å². The zero-order valence-corrected chi connectivity index (χ0v) is 41.3. The van der Waals surface area contributed by atoms with Crippen LogP contribution in [0.15, 0.2) is 62.8 Å². The van der Waals surface area contributed by atoms with Gasteiger partial charge in [-0.1, -0.05) is 38.3 Å². The zero-order valence-electron chi connectivity index (χ0n) is 39.9. The van der Waals surface area contributed by atoms with E-state index >= 15 is 0 Å². The van der Waals surface area contributed by atoms with Crippen LogP contribution in [0.3, 0.4) is 0 Å². The molecule has 4 atom stereocenters. The molecule has 0 rings (SSSR count). The zero-order chi connectivity index (χ0) is 55.8. The molecular weight excluding hydrogens is 878 g/mol. The van der Waals surface area contributed by atoms with Crippen molar-refractivity contribution in [3.63, 3.8) is 0 Å². The van der Waals surface area contributed by atoms with E-state index in [1.807, 2.05) is 87.5 Å². The van der Waals surface area contributed by atoms with Gasteiger partial charge in [0.25, 0.3) is 0 Å². The van der Waals surface area contributed by atoms with Crippen molar-refractivity contribution in [3.8, 4) is 98.6 Å². The summed E-state index contributed by atoms with van der Waals surface area (Å²) in [4.78, 5) is 0. The summed E-state index contributed by atoms with van der Waals surface area (Å²) in [5, 5.41) is 124. The molecule has 0 radical (unpaired) electrons. The molecule has 0 saturated heterocycles. The molecule has 0 bridgehead atoms. The van der Waals surface area contributed by atoms with Crippen LogP contribution in [0.4, 0.5) is 0 Å². The van der Waals surface area contributed by atoms with Crippen LogP contribution in [0.1, 0.15) is 125 Å². The van der Waals surface area contributed by atoms with Gasteiger partial charge in [-0.25, -0.2) is 15.8 Å². The third-order valence-electron chi connectivity index (χ3n) is 5.46. The first-order valence-electron chi connectivity index (χ1n) is 19.3. The van der Waals surface area contributed by atoms with Gasteiger partial charge in [0, 0.05) is 87.6 Å². The SMILES string of the molecule is C#N.C#N.C#N.C=C(C)C#N.C=CC#N.C=CC(C)C#N.C=CCC#N.C=CCCC#N.CC(C#N)CCC#N.CC(C#N)CCC#N.CCC(C#N)CCC#N.N#CCCCCC#N.[NH]=[V]. The summed E-state index contributed by atoms with van der Waals surface area (Å²) in [5.41, 5.74) is 0.560. The minimum atomic E-state index is 0.00463. The molecule has 0 heterocycles. The number of nitriles is 16. The second kappa shape index (κ2) is 131. The standard InChI is InChI=1S/C7H10N2.3C6H8N2.2C5H7N.2C4H5N.C3H3N.3CHN.HN.V/c1-2-7(6-9)4-3-5-8;2*1-6(5-8)3-2-4-7;7-5-3-1-2-4-6-8;1-3-5(2)4-6;1-2-3-4-5-6;1-4(2)3-5;1-2-3-4-5;1-2-3-4;3*1-2;;/h7H,2-4H2,1H3;2*6H,2-3H2,1H3;1-4H2;3,5H,1H2,2H3;2H,1,3-4H2;1H2,2H3;2H,1,3H2;2H,1H2;3*1H;1H;. The number of nitrogens with zero attached hydrogens (tertiary/aromatic N) is 16. The van der Waals surface area contributed by atoms with Crippen LogP contribution < -0.4 is 0 Å². The third-order valence-corrected chi connectivity index (χ3v) is 5.46. The fourth-order valence-electron chi connectivity index (χ4n) is 1.98. The monoisotopic (exact) mass is 943 g/mol. The molecule has 0 aromatic carbocycles. The van der Waals surface area contributed by atoms with Gasteiger partial charge in [0.05, 0.1) is 91.2 Å². The van der Waals surface area contributed by atoms with Crippen molar-refractivity contribution in [2.75, 3.05) is 0 Å². The molecule has 0 amide bonds. The van der Waals surface area contributed by atoms with E-state index in [1.54, 1.807) is 55.4 Å². The summed E-state index contributed by atoms with van der Waals surface area (Å²) < 4.78 is 5.69. The normalized spacial score (nSPS) is 7.96. The molecule has 0 aliphatic heterocycles. The van der Waals surface area contributed by atoms with Crippen LogP contribution in [0, 0.1) is 211 Å². The van der Waals surface area contributed by atoms with Gasteiger partial charge >= 0.3 is 21.4 Å². The van der Waals surface area contributed by atoms with E-state index in [-0.39, 0.29) is 23.7 Å². The average molecular weight is 943 g/mol. The fraction of sp³-hybridized carbons (Fsp3) is 0.469. The Hall–Kier alpha value is -9.08. The van der Waals surface area contributed by atoms with E-state index in [2.05, 4.69) is 58.7 Å². The molecule has 0 aromatic heterocycles. The maximum atomic E-state index is 8.39. The quantitative estimate of drug-likeness (QED) is 0.0960. The van der Waals surface area contributed by atoms with Crippen molar-refractivity contribution in [3.05, 3.63) is 62.8 Å². The predicted molar refractivity (Wildman–Crippen MR) is 253 cm³/mol. The molecular formula is C49H65N17V. The van der Waals surface area contributed by atoms with E-state index < -0.39 is 0 Å². The molecule has 4 unspecified atom stereocenters. The van der Waals surface area contributed by atoms with Gasteiger partial charge in [0.2, 0.25) is 0 Å². The predicted octanol–water partition coefficient (Wildman–Crippen LogP) is 12.7. The molecule has 18 heteroatoms. The first kappa shape index (κ1) is 93.0. The Kier molecular flexibility index (Phi) is 181. The summed E-state index contributed by atoms with van der Waals surface area (Å²) in [6.45, 7) is 36.2. The molecule has 351 valence electrons. The molecule has 67 heavy (non-hydrogen) atoms. The first-order chi connectivity index (χ1) is 32.2. The fourth-order valence-corrected chi connectivity index (χ4v) is 1.98. The number of rotatable bonds is 14. The van der Waals surface area contributed by atoms with Gasteiger partial charge in [0.15, 0.2) is 0 Å². The number of nitrogens with one attached hydrogen (secondary N) is 1. The van der Waals surface area contributed by atoms with Crippen molar-refractivity contribution >= 4 is 0 Å². The average Bonchev–Trinajstić information content (AvgIpc) is 3.39. The molecule has 1 N–H and O–H groups in total. The van der Waals surface area contributed by atoms with Crippen molar-refractivity contribution in [2.45, 2.75) is 125 Å². The van der Waals surface area contributed by atoms with Crippen molar-refractivity contribution in [2.24, 2.45) is 23.7 Å². The van der Waals surface area contributed by atoms with Crippen LogP contribution in [0.25, 0.3) is 0 Å².